The number of hydrogen-bond acceptors (Lipinski definition) is 4. The number of rotatable bonds is 2. The summed E-state index contributed by atoms with van der Waals surface area (Å²) in [5.41, 5.74) is 2.88. The molecule has 2 fully saturated rings. The molecular formula is C14H18LiNOS2. The first kappa shape index (κ1) is 14.2. The molecule has 2 saturated heterocycles. The molecule has 2 aliphatic rings. The van der Waals surface area contributed by atoms with Crippen LogP contribution in [0.4, 0.5) is 5.69 Å². The predicted molar refractivity (Wildman–Crippen MR) is 87.1 cm³/mol. The van der Waals surface area contributed by atoms with E-state index in [0.717, 1.165) is 26.3 Å². The van der Waals surface area contributed by atoms with Gasteiger partial charge in [0.15, 0.2) is 0 Å². The molecule has 19 heavy (non-hydrogen) atoms. The van der Waals surface area contributed by atoms with Crippen LogP contribution in [0, 0.1) is 0 Å². The van der Waals surface area contributed by atoms with Gasteiger partial charge >= 0.3 is 133 Å². The van der Waals surface area contributed by atoms with Gasteiger partial charge in [0.25, 0.3) is 0 Å². The molecule has 2 heterocycles. The Morgan fingerprint density at radius 3 is 2.58 bits per heavy atom. The molecule has 0 spiro atoms. The van der Waals surface area contributed by atoms with E-state index in [9.17, 15) is 0 Å². The third-order valence-corrected chi connectivity index (χ3v) is 6.69. The van der Waals surface area contributed by atoms with Gasteiger partial charge in [0.2, 0.25) is 0 Å². The summed E-state index contributed by atoms with van der Waals surface area (Å²) >= 11 is 6.46. The first-order valence-corrected chi connectivity index (χ1v) is 9.11. The molecule has 0 amide bonds. The van der Waals surface area contributed by atoms with Crippen molar-refractivity contribution < 1.29 is 4.74 Å². The van der Waals surface area contributed by atoms with E-state index < -0.39 is 0 Å². The fraction of sp³-hybridized carbons (Fsp3) is 0.571. The van der Waals surface area contributed by atoms with Crippen molar-refractivity contribution >= 4 is 51.2 Å². The molecule has 0 N–H and O–H groups in total. The summed E-state index contributed by atoms with van der Waals surface area (Å²) in [5, 5.41) is 0. The second kappa shape index (κ2) is 6.82. The van der Waals surface area contributed by atoms with E-state index in [0.29, 0.717) is 4.58 Å². The molecule has 5 heteroatoms. The molecule has 3 rings (SSSR count). The SMILES string of the molecule is [Li][c]1cc(N2CCOCC2)ccc1C1SCCCS1. The minimum absolute atomic E-state index is 0.646. The molecule has 2 nitrogen and oxygen atoms in total. The molecule has 2 aliphatic heterocycles. The fourth-order valence-electron chi connectivity index (χ4n) is 2.61. The number of anilines is 1. The van der Waals surface area contributed by atoms with Crippen molar-refractivity contribution in [1.29, 1.82) is 0 Å². The van der Waals surface area contributed by atoms with Gasteiger partial charge in [-0.3, -0.25) is 0 Å². The molecule has 0 radical (unpaired) electrons. The summed E-state index contributed by atoms with van der Waals surface area (Å²) in [5.74, 6) is 2.62. The standard InChI is InChI=1S/C14H18NOS2.Li/c1-10-17-14(18-11-1)12-2-4-13(5-3-12)15-6-8-16-9-7-15;/h2,4-5,14H,1,6-11H2;. The Labute approximate surface area is 133 Å². The van der Waals surface area contributed by atoms with E-state index in [-0.39, 0.29) is 0 Å². The zero-order valence-corrected chi connectivity index (χ0v) is 13.1. The maximum atomic E-state index is 5.42. The van der Waals surface area contributed by atoms with Crippen molar-refractivity contribution in [2.45, 2.75) is 11.0 Å². The van der Waals surface area contributed by atoms with Crippen molar-refractivity contribution in [3.63, 3.8) is 0 Å². The van der Waals surface area contributed by atoms with Crippen molar-refractivity contribution in [1.82, 2.24) is 0 Å². The second-order valence-electron chi connectivity index (χ2n) is 5.07. The molecule has 0 saturated carbocycles. The van der Waals surface area contributed by atoms with Crippen LogP contribution in [-0.2, 0) is 4.74 Å². The van der Waals surface area contributed by atoms with Gasteiger partial charge < -0.3 is 0 Å². The Bertz CT molecular complexity index is 431. The monoisotopic (exact) mass is 287 g/mol. The summed E-state index contributed by atoms with van der Waals surface area (Å²) in [6.45, 7) is 3.75. The number of morpholine rings is 1. The molecule has 0 bridgehead atoms. The van der Waals surface area contributed by atoms with Gasteiger partial charge in [-0.15, -0.1) is 0 Å². The maximum absolute atomic E-state index is 5.42. The van der Waals surface area contributed by atoms with Crippen LogP contribution in [0.15, 0.2) is 18.2 Å². The third kappa shape index (κ3) is 3.48. The molecule has 0 aliphatic carbocycles. The van der Waals surface area contributed by atoms with Gasteiger partial charge in [0, 0.05) is 0 Å². The average molecular weight is 287 g/mol. The fourth-order valence-corrected chi connectivity index (χ4v) is 5.69. The van der Waals surface area contributed by atoms with Crippen LogP contribution < -0.4 is 9.14 Å². The molecule has 1 aromatic rings. The second-order valence-corrected chi connectivity index (χ2v) is 7.79. The summed E-state index contributed by atoms with van der Waals surface area (Å²) in [6, 6.07) is 7.00. The van der Waals surface area contributed by atoms with E-state index in [1.54, 1.807) is 0 Å². The minimum atomic E-state index is 0.646. The Morgan fingerprint density at radius 1 is 1.16 bits per heavy atom. The van der Waals surface area contributed by atoms with Crippen LogP contribution in [0.3, 0.4) is 0 Å². The molecule has 0 unspecified atom stereocenters. The Morgan fingerprint density at radius 2 is 1.89 bits per heavy atom. The van der Waals surface area contributed by atoms with Gasteiger partial charge in [0.1, 0.15) is 0 Å². The molecule has 1 aromatic carbocycles. The van der Waals surface area contributed by atoms with Crippen molar-refractivity contribution in [3.8, 4) is 0 Å². The first-order chi connectivity index (χ1) is 9.34. The van der Waals surface area contributed by atoms with E-state index in [1.165, 1.54) is 33.4 Å². The molecule has 0 aromatic heterocycles. The Kier molecular flexibility index (Phi) is 5.11. The van der Waals surface area contributed by atoms with Gasteiger partial charge in [0.05, 0.1) is 0 Å². The van der Waals surface area contributed by atoms with Crippen molar-refractivity contribution in [2.24, 2.45) is 0 Å². The van der Waals surface area contributed by atoms with Crippen LogP contribution >= 0.6 is 23.5 Å². The summed E-state index contributed by atoms with van der Waals surface area (Å²) in [7, 11) is 0. The normalized spacial score (nSPS) is 21.7. The third-order valence-electron chi connectivity index (χ3n) is 3.71. The number of nitrogens with zero attached hydrogens (tertiary/aromatic N) is 1. The van der Waals surface area contributed by atoms with E-state index in [4.69, 9.17) is 4.74 Å². The Balaban J connectivity index is 1.76. The Hall–Kier alpha value is 0.277. The van der Waals surface area contributed by atoms with Gasteiger partial charge in [-0.2, -0.15) is 0 Å². The van der Waals surface area contributed by atoms with Crippen LogP contribution in [0.1, 0.15) is 16.6 Å². The first-order valence-electron chi connectivity index (χ1n) is 7.01. The number of ether oxygens (including phenoxy) is 1. The number of thioether (sulfide) groups is 2. The van der Waals surface area contributed by atoms with Crippen molar-refractivity contribution in [3.05, 3.63) is 23.8 Å². The van der Waals surface area contributed by atoms with Gasteiger partial charge in [-0.05, 0) is 0 Å². The van der Waals surface area contributed by atoms with Crippen LogP contribution in [0.25, 0.3) is 0 Å². The zero-order chi connectivity index (χ0) is 13.1. The zero-order valence-electron chi connectivity index (χ0n) is 11.4. The van der Waals surface area contributed by atoms with E-state index in [2.05, 4.69) is 64.3 Å². The summed E-state index contributed by atoms with van der Waals surface area (Å²) in [4.78, 5) is 2.43. The topological polar surface area (TPSA) is 12.5 Å². The average Bonchev–Trinajstić information content (AvgIpc) is 2.49. The summed E-state index contributed by atoms with van der Waals surface area (Å²) < 4.78 is 7.51. The van der Waals surface area contributed by atoms with E-state index >= 15 is 0 Å². The molecule has 0 atom stereocenters. The van der Waals surface area contributed by atoms with Crippen LogP contribution in [0.2, 0.25) is 0 Å². The van der Waals surface area contributed by atoms with Crippen molar-refractivity contribution in [2.75, 3.05) is 42.7 Å². The van der Waals surface area contributed by atoms with Crippen LogP contribution in [-0.4, -0.2) is 55.5 Å². The van der Waals surface area contributed by atoms with Gasteiger partial charge in [-0.25, -0.2) is 0 Å². The van der Waals surface area contributed by atoms with Crippen LogP contribution in [0.5, 0.6) is 0 Å². The van der Waals surface area contributed by atoms with E-state index in [1.807, 2.05) is 0 Å². The molecule has 98 valence electrons. The summed E-state index contributed by atoms with van der Waals surface area (Å²) in [6.07, 6.45) is 1.36. The number of benzene rings is 1. The quantitative estimate of drug-likeness (QED) is 0.773. The number of hydrogen-bond donors (Lipinski definition) is 0. The van der Waals surface area contributed by atoms with Gasteiger partial charge in [-0.1, -0.05) is 0 Å². The molecular weight excluding hydrogens is 269 g/mol. The predicted octanol–water partition coefficient (Wildman–Crippen LogP) is 2.19.